The molecule has 0 aliphatic rings. The largest absolute Gasteiger partial charge is 0.391 e. The van der Waals surface area contributed by atoms with Crippen molar-refractivity contribution in [1.82, 2.24) is 10.1 Å². The van der Waals surface area contributed by atoms with Crippen LogP contribution in [0, 0.1) is 0 Å². The van der Waals surface area contributed by atoms with E-state index in [0.29, 0.717) is 24.7 Å². The maximum atomic E-state index is 10.1. The summed E-state index contributed by atoms with van der Waals surface area (Å²) in [5.74, 6) is 1.27. The number of aromatic nitrogens is 2. The Morgan fingerprint density at radius 3 is 2.42 bits per heavy atom. The molecule has 136 valence electrons. The molecule has 1 unspecified atom stereocenters. The van der Waals surface area contributed by atoms with Crippen LogP contribution in [0.15, 0.2) is 65.2 Å². The predicted molar refractivity (Wildman–Crippen MR) is 103 cm³/mol. The zero-order chi connectivity index (χ0) is 18.2. The van der Waals surface area contributed by atoms with E-state index in [0.717, 1.165) is 30.6 Å². The fraction of sp³-hybridized carbons (Fsp3) is 0.333. The number of hydrogen-bond donors (Lipinski definition) is 1. The van der Waals surface area contributed by atoms with Crippen LogP contribution in [0.1, 0.15) is 25.7 Å². The molecule has 0 radical (unpaired) electrons. The van der Waals surface area contributed by atoms with Gasteiger partial charge < -0.3 is 14.5 Å². The van der Waals surface area contributed by atoms with Crippen LogP contribution in [-0.4, -0.2) is 34.4 Å². The highest BCUT2D eigenvalue weighted by atomic mass is 16.5. The second-order valence-electron chi connectivity index (χ2n) is 6.32. The number of benzene rings is 2. The van der Waals surface area contributed by atoms with Crippen molar-refractivity contribution in [3.05, 3.63) is 66.6 Å². The molecule has 3 aromatic rings. The van der Waals surface area contributed by atoms with E-state index in [-0.39, 0.29) is 6.10 Å². The average molecular weight is 351 g/mol. The summed E-state index contributed by atoms with van der Waals surface area (Å²) in [6.45, 7) is 3.45. The summed E-state index contributed by atoms with van der Waals surface area (Å²) in [7, 11) is 0. The number of aliphatic hydroxyl groups excluding tert-OH is 1. The predicted octanol–water partition coefficient (Wildman–Crippen LogP) is 3.95. The van der Waals surface area contributed by atoms with Gasteiger partial charge in [0, 0.05) is 30.8 Å². The van der Waals surface area contributed by atoms with Crippen molar-refractivity contribution >= 4 is 5.69 Å². The van der Waals surface area contributed by atoms with Crippen LogP contribution in [-0.2, 0) is 6.42 Å². The first-order valence-electron chi connectivity index (χ1n) is 9.12. The first-order chi connectivity index (χ1) is 12.8. The molecule has 0 fully saturated rings. The Kier molecular flexibility index (Phi) is 6.39. The molecule has 5 nitrogen and oxygen atoms in total. The second-order valence-corrected chi connectivity index (χ2v) is 6.32. The molecule has 0 aliphatic heterocycles. The molecule has 0 saturated carbocycles. The number of aryl methyl sites for hydroxylation is 1. The fourth-order valence-electron chi connectivity index (χ4n) is 2.83. The van der Waals surface area contributed by atoms with Gasteiger partial charge in [-0.2, -0.15) is 4.98 Å². The number of aliphatic hydroxyl groups is 1. The molecule has 0 amide bonds. The summed E-state index contributed by atoms with van der Waals surface area (Å²) in [6.07, 6.45) is 2.00. The summed E-state index contributed by atoms with van der Waals surface area (Å²) in [5, 5.41) is 14.1. The van der Waals surface area contributed by atoms with Gasteiger partial charge in [-0.15, -0.1) is 0 Å². The minimum Gasteiger partial charge on any atom is -0.391 e. The summed E-state index contributed by atoms with van der Waals surface area (Å²) in [4.78, 5) is 6.69. The summed E-state index contributed by atoms with van der Waals surface area (Å²) in [5.41, 5.74) is 2.08. The standard InChI is InChI=1S/C21H25N3O2/c1-2-19(25)16-24(18-12-7-4-8-13-18)15-9-14-20-22-21(23-26-20)17-10-5-3-6-11-17/h3-8,10-13,19,25H,2,9,14-16H2,1H3. The Labute approximate surface area is 154 Å². The van der Waals surface area contributed by atoms with Gasteiger partial charge in [-0.25, -0.2) is 0 Å². The van der Waals surface area contributed by atoms with Gasteiger partial charge in [-0.1, -0.05) is 60.6 Å². The van der Waals surface area contributed by atoms with E-state index in [1.165, 1.54) is 0 Å². The maximum Gasteiger partial charge on any atom is 0.227 e. The fourth-order valence-corrected chi connectivity index (χ4v) is 2.83. The third-order valence-electron chi connectivity index (χ3n) is 4.34. The highest BCUT2D eigenvalue weighted by molar-refractivity contribution is 5.53. The molecule has 5 heteroatoms. The van der Waals surface area contributed by atoms with Crippen molar-refractivity contribution in [2.24, 2.45) is 0 Å². The second kappa shape index (κ2) is 9.15. The summed E-state index contributed by atoms with van der Waals surface area (Å²) in [6, 6.07) is 20.0. The van der Waals surface area contributed by atoms with E-state index in [1.54, 1.807) is 0 Å². The first kappa shape index (κ1) is 18.1. The average Bonchev–Trinajstić information content (AvgIpc) is 3.17. The SMILES string of the molecule is CCC(O)CN(CCCc1nc(-c2ccccc2)no1)c1ccccc1. The Balaban J connectivity index is 1.59. The Morgan fingerprint density at radius 1 is 1.04 bits per heavy atom. The van der Waals surface area contributed by atoms with E-state index in [9.17, 15) is 5.11 Å². The van der Waals surface area contributed by atoms with Gasteiger partial charge in [0.15, 0.2) is 0 Å². The highest BCUT2D eigenvalue weighted by Gasteiger charge is 2.13. The van der Waals surface area contributed by atoms with Crippen LogP contribution in [0.25, 0.3) is 11.4 Å². The number of para-hydroxylation sites is 1. The molecule has 1 atom stereocenters. The van der Waals surface area contributed by atoms with Crippen LogP contribution < -0.4 is 4.90 Å². The van der Waals surface area contributed by atoms with E-state index >= 15 is 0 Å². The molecule has 1 heterocycles. The number of anilines is 1. The van der Waals surface area contributed by atoms with Gasteiger partial charge in [0.1, 0.15) is 0 Å². The van der Waals surface area contributed by atoms with E-state index in [1.807, 2.05) is 55.5 Å². The lowest BCUT2D eigenvalue weighted by molar-refractivity contribution is 0.175. The molecular weight excluding hydrogens is 326 g/mol. The van der Waals surface area contributed by atoms with Gasteiger partial charge in [-0.3, -0.25) is 0 Å². The minimum atomic E-state index is -0.330. The third kappa shape index (κ3) is 4.92. The molecule has 0 aliphatic carbocycles. The van der Waals surface area contributed by atoms with Crippen molar-refractivity contribution < 1.29 is 9.63 Å². The van der Waals surface area contributed by atoms with Crippen molar-refractivity contribution in [2.75, 3.05) is 18.0 Å². The zero-order valence-corrected chi connectivity index (χ0v) is 15.1. The van der Waals surface area contributed by atoms with E-state index in [2.05, 4.69) is 27.2 Å². The topological polar surface area (TPSA) is 62.4 Å². The van der Waals surface area contributed by atoms with Gasteiger partial charge in [0.2, 0.25) is 11.7 Å². The molecule has 2 aromatic carbocycles. The smallest absolute Gasteiger partial charge is 0.227 e. The molecule has 0 saturated heterocycles. The van der Waals surface area contributed by atoms with Gasteiger partial charge in [-0.05, 0) is 25.0 Å². The van der Waals surface area contributed by atoms with Crippen LogP contribution in [0.5, 0.6) is 0 Å². The molecular formula is C21H25N3O2. The van der Waals surface area contributed by atoms with Crippen LogP contribution >= 0.6 is 0 Å². The molecule has 1 N–H and O–H groups in total. The van der Waals surface area contributed by atoms with Gasteiger partial charge in [0.25, 0.3) is 0 Å². The van der Waals surface area contributed by atoms with E-state index in [4.69, 9.17) is 4.52 Å². The molecule has 1 aromatic heterocycles. The molecule has 26 heavy (non-hydrogen) atoms. The summed E-state index contributed by atoms with van der Waals surface area (Å²) >= 11 is 0. The first-order valence-corrected chi connectivity index (χ1v) is 9.12. The van der Waals surface area contributed by atoms with Crippen molar-refractivity contribution in [3.8, 4) is 11.4 Å². The van der Waals surface area contributed by atoms with E-state index < -0.39 is 0 Å². The Bertz CT molecular complexity index is 774. The van der Waals surface area contributed by atoms with Crippen molar-refractivity contribution in [2.45, 2.75) is 32.3 Å². The number of nitrogens with zero attached hydrogens (tertiary/aromatic N) is 3. The third-order valence-corrected chi connectivity index (χ3v) is 4.34. The molecule has 3 rings (SSSR count). The monoisotopic (exact) mass is 351 g/mol. The quantitative estimate of drug-likeness (QED) is 0.632. The summed E-state index contributed by atoms with van der Waals surface area (Å²) < 4.78 is 5.38. The lowest BCUT2D eigenvalue weighted by Crippen LogP contribution is -2.33. The maximum absolute atomic E-state index is 10.1. The molecule has 0 bridgehead atoms. The number of rotatable bonds is 9. The molecule has 0 spiro atoms. The Hall–Kier alpha value is -2.66. The minimum absolute atomic E-state index is 0.330. The number of hydrogen-bond acceptors (Lipinski definition) is 5. The lowest BCUT2D eigenvalue weighted by atomic mass is 10.2. The van der Waals surface area contributed by atoms with Crippen LogP contribution in [0.4, 0.5) is 5.69 Å². The van der Waals surface area contributed by atoms with Crippen LogP contribution in [0.3, 0.4) is 0 Å². The zero-order valence-electron chi connectivity index (χ0n) is 15.1. The lowest BCUT2D eigenvalue weighted by Gasteiger charge is -2.26. The van der Waals surface area contributed by atoms with Crippen molar-refractivity contribution in [3.63, 3.8) is 0 Å². The van der Waals surface area contributed by atoms with Gasteiger partial charge in [0.05, 0.1) is 6.10 Å². The van der Waals surface area contributed by atoms with Crippen LogP contribution in [0.2, 0.25) is 0 Å². The Morgan fingerprint density at radius 2 is 1.73 bits per heavy atom. The van der Waals surface area contributed by atoms with Crippen molar-refractivity contribution in [1.29, 1.82) is 0 Å². The normalized spacial score (nSPS) is 12.1. The highest BCUT2D eigenvalue weighted by Crippen LogP contribution is 2.17. The van der Waals surface area contributed by atoms with Gasteiger partial charge >= 0.3 is 0 Å².